The van der Waals surface area contributed by atoms with Crippen LogP contribution in [0.3, 0.4) is 0 Å². The van der Waals surface area contributed by atoms with Crippen molar-refractivity contribution in [1.29, 1.82) is 0 Å². The first-order valence-electron chi connectivity index (χ1n) is 6.75. The van der Waals surface area contributed by atoms with Crippen molar-refractivity contribution in [3.8, 4) is 5.75 Å². The van der Waals surface area contributed by atoms with Crippen LogP contribution in [0.15, 0.2) is 29.6 Å². The van der Waals surface area contributed by atoms with Gasteiger partial charge in [0.25, 0.3) is 0 Å². The highest BCUT2D eigenvalue weighted by Crippen LogP contribution is 2.16. The average Bonchev–Trinajstić information content (AvgIpc) is 2.92. The van der Waals surface area contributed by atoms with Crippen LogP contribution in [0.25, 0.3) is 0 Å². The molecule has 0 spiro atoms. The highest BCUT2D eigenvalue weighted by molar-refractivity contribution is 7.09. The summed E-state index contributed by atoms with van der Waals surface area (Å²) in [5.41, 5.74) is 1.08. The van der Waals surface area contributed by atoms with Crippen molar-refractivity contribution in [3.05, 3.63) is 46.2 Å². The molecule has 1 aromatic carbocycles. The van der Waals surface area contributed by atoms with E-state index in [4.69, 9.17) is 4.74 Å². The van der Waals surface area contributed by atoms with E-state index >= 15 is 0 Å². The number of benzene rings is 1. The summed E-state index contributed by atoms with van der Waals surface area (Å²) in [6.45, 7) is 7.64. The van der Waals surface area contributed by atoms with E-state index in [9.17, 15) is 4.39 Å². The zero-order valence-electron chi connectivity index (χ0n) is 11.8. The number of aromatic nitrogens is 1. The Labute approximate surface area is 123 Å². The fourth-order valence-electron chi connectivity index (χ4n) is 1.84. The van der Waals surface area contributed by atoms with Crippen molar-refractivity contribution < 1.29 is 9.13 Å². The Morgan fingerprint density at radius 3 is 2.55 bits per heavy atom. The monoisotopic (exact) mass is 294 g/mol. The van der Waals surface area contributed by atoms with Crippen LogP contribution in [0.1, 0.15) is 24.5 Å². The molecule has 0 amide bonds. The van der Waals surface area contributed by atoms with Crippen LogP contribution in [0.5, 0.6) is 5.75 Å². The molecule has 0 N–H and O–H groups in total. The van der Waals surface area contributed by atoms with Crippen LogP contribution < -0.4 is 4.74 Å². The number of ether oxygens (including phenoxy) is 1. The first-order valence-corrected chi connectivity index (χ1v) is 7.63. The van der Waals surface area contributed by atoms with E-state index in [0.717, 1.165) is 30.3 Å². The number of rotatable bonds is 7. The molecule has 0 aliphatic heterocycles. The third kappa shape index (κ3) is 4.28. The molecule has 20 heavy (non-hydrogen) atoms. The lowest BCUT2D eigenvalue weighted by Gasteiger charge is -2.15. The maximum atomic E-state index is 12.8. The molecule has 2 rings (SSSR count). The molecule has 0 bridgehead atoms. The van der Waals surface area contributed by atoms with Gasteiger partial charge in [0, 0.05) is 11.9 Å². The number of hydrogen-bond acceptors (Lipinski definition) is 4. The minimum absolute atomic E-state index is 0.256. The molecule has 108 valence electrons. The Hall–Kier alpha value is -1.46. The van der Waals surface area contributed by atoms with Gasteiger partial charge in [-0.15, -0.1) is 11.3 Å². The van der Waals surface area contributed by atoms with Crippen LogP contribution in [-0.2, 0) is 13.2 Å². The zero-order valence-corrected chi connectivity index (χ0v) is 12.6. The Bertz CT molecular complexity index is 523. The van der Waals surface area contributed by atoms with E-state index in [1.807, 2.05) is 0 Å². The van der Waals surface area contributed by atoms with Crippen molar-refractivity contribution in [3.63, 3.8) is 0 Å². The van der Waals surface area contributed by atoms with Crippen molar-refractivity contribution in [1.82, 2.24) is 9.88 Å². The van der Waals surface area contributed by atoms with E-state index in [0.29, 0.717) is 12.4 Å². The summed E-state index contributed by atoms with van der Waals surface area (Å²) in [6.07, 6.45) is 0. The molecule has 1 heterocycles. The van der Waals surface area contributed by atoms with Gasteiger partial charge < -0.3 is 4.74 Å². The molecule has 0 fully saturated rings. The molecule has 3 nitrogen and oxygen atoms in total. The second kappa shape index (κ2) is 7.36. The third-order valence-electron chi connectivity index (χ3n) is 3.06. The van der Waals surface area contributed by atoms with Gasteiger partial charge in [0.1, 0.15) is 23.2 Å². The molecule has 0 unspecified atom stereocenters. The Kier molecular flexibility index (Phi) is 5.49. The average molecular weight is 294 g/mol. The molecule has 0 radical (unpaired) electrons. The Balaban J connectivity index is 1.87. The summed E-state index contributed by atoms with van der Waals surface area (Å²) in [5.74, 6) is 0.403. The molecular formula is C15H19FN2OS. The van der Waals surface area contributed by atoms with Gasteiger partial charge in [-0.2, -0.15) is 0 Å². The summed E-state index contributed by atoms with van der Waals surface area (Å²) < 4.78 is 18.4. The lowest BCUT2D eigenvalue weighted by atomic mass is 10.3. The lowest BCUT2D eigenvalue weighted by Crippen LogP contribution is -2.22. The summed E-state index contributed by atoms with van der Waals surface area (Å²) >= 11 is 1.60. The molecular weight excluding hydrogens is 275 g/mol. The maximum absolute atomic E-state index is 12.8. The highest BCUT2D eigenvalue weighted by Gasteiger charge is 2.06. The molecule has 0 aliphatic carbocycles. The lowest BCUT2D eigenvalue weighted by molar-refractivity contribution is 0.289. The van der Waals surface area contributed by atoms with Crippen LogP contribution in [0.2, 0.25) is 0 Å². The van der Waals surface area contributed by atoms with E-state index in [2.05, 4.69) is 29.1 Å². The number of hydrogen-bond donors (Lipinski definition) is 0. The summed E-state index contributed by atoms with van der Waals surface area (Å²) in [6, 6.07) is 6.03. The van der Waals surface area contributed by atoms with Gasteiger partial charge in [-0.3, -0.25) is 4.90 Å². The number of thiazole rings is 1. The van der Waals surface area contributed by atoms with E-state index in [1.54, 1.807) is 23.5 Å². The van der Waals surface area contributed by atoms with E-state index < -0.39 is 0 Å². The fraction of sp³-hybridized carbons (Fsp3) is 0.400. The van der Waals surface area contributed by atoms with Gasteiger partial charge in [-0.25, -0.2) is 9.37 Å². The van der Waals surface area contributed by atoms with E-state index in [1.165, 1.54) is 12.1 Å². The standard InChI is InChI=1S/C15H19FN2OS/c1-3-18(4-2)9-13-11-20-15(17-13)10-19-14-7-5-12(16)6-8-14/h5-8,11H,3-4,9-10H2,1-2H3. The Morgan fingerprint density at radius 1 is 1.20 bits per heavy atom. The second-order valence-corrected chi connectivity index (χ2v) is 5.38. The van der Waals surface area contributed by atoms with Crippen molar-refractivity contribution in [2.45, 2.75) is 27.0 Å². The predicted octanol–water partition coefficient (Wildman–Crippen LogP) is 3.70. The van der Waals surface area contributed by atoms with Gasteiger partial charge >= 0.3 is 0 Å². The third-order valence-corrected chi connectivity index (χ3v) is 3.93. The predicted molar refractivity (Wildman–Crippen MR) is 79.5 cm³/mol. The summed E-state index contributed by atoms with van der Waals surface area (Å²) in [5, 5.41) is 3.01. The molecule has 2 aromatic rings. The van der Waals surface area contributed by atoms with Crippen LogP contribution in [0.4, 0.5) is 4.39 Å². The molecule has 0 saturated carbocycles. The van der Waals surface area contributed by atoms with Crippen molar-refractivity contribution in [2.24, 2.45) is 0 Å². The van der Waals surface area contributed by atoms with E-state index in [-0.39, 0.29) is 5.82 Å². The maximum Gasteiger partial charge on any atom is 0.140 e. The minimum Gasteiger partial charge on any atom is -0.486 e. The molecule has 0 saturated heterocycles. The summed E-state index contributed by atoms with van der Waals surface area (Å²) in [4.78, 5) is 6.88. The number of nitrogens with zero attached hydrogens (tertiary/aromatic N) is 2. The van der Waals surface area contributed by atoms with Gasteiger partial charge in [0.15, 0.2) is 0 Å². The van der Waals surface area contributed by atoms with Crippen LogP contribution in [-0.4, -0.2) is 23.0 Å². The van der Waals surface area contributed by atoms with Gasteiger partial charge in [-0.1, -0.05) is 13.8 Å². The quantitative estimate of drug-likeness (QED) is 0.778. The molecule has 5 heteroatoms. The second-order valence-electron chi connectivity index (χ2n) is 4.44. The molecule has 1 aromatic heterocycles. The van der Waals surface area contributed by atoms with Crippen molar-refractivity contribution in [2.75, 3.05) is 13.1 Å². The normalized spacial score (nSPS) is 11.0. The van der Waals surface area contributed by atoms with Gasteiger partial charge in [0.2, 0.25) is 0 Å². The summed E-state index contributed by atoms with van der Waals surface area (Å²) in [7, 11) is 0. The van der Waals surface area contributed by atoms with Crippen molar-refractivity contribution >= 4 is 11.3 Å². The first-order chi connectivity index (χ1) is 9.71. The fourth-order valence-corrected chi connectivity index (χ4v) is 2.54. The molecule has 0 aliphatic rings. The van der Waals surface area contributed by atoms with Crippen LogP contribution in [0, 0.1) is 5.82 Å². The van der Waals surface area contributed by atoms with Gasteiger partial charge in [-0.05, 0) is 37.4 Å². The largest absolute Gasteiger partial charge is 0.486 e. The Morgan fingerprint density at radius 2 is 1.90 bits per heavy atom. The number of halogens is 1. The highest BCUT2D eigenvalue weighted by atomic mass is 32.1. The first kappa shape index (κ1) is 14.9. The minimum atomic E-state index is -0.256. The SMILES string of the molecule is CCN(CC)Cc1csc(COc2ccc(F)cc2)n1. The zero-order chi connectivity index (χ0) is 14.4. The smallest absolute Gasteiger partial charge is 0.140 e. The molecule has 0 atom stereocenters. The van der Waals surface area contributed by atoms with Crippen LogP contribution >= 0.6 is 11.3 Å². The van der Waals surface area contributed by atoms with Gasteiger partial charge in [0.05, 0.1) is 5.69 Å². The topological polar surface area (TPSA) is 25.4 Å².